The molecule has 1 aliphatic heterocycles. The van der Waals surface area contributed by atoms with Gasteiger partial charge in [-0.1, -0.05) is 0 Å². The van der Waals surface area contributed by atoms with Gasteiger partial charge in [-0.05, 0) is 6.42 Å². The quantitative estimate of drug-likeness (QED) is 0.471. The van der Waals surface area contributed by atoms with Gasteiger partial charge in [-0.2, -0.15) is 0 Å². The SMILES string of the molecule is BC1CC(OPOC)C(CO)O1. The van der Waals surface area contributed by atoms with Gasteiger partial charge in [-0.15, -0.1) is 0 Å². The molecule has 6 heteroatoms. The Morgan fingerprint density at radius 1 is 1.75 bits per heavy atom. The van der Waals surface area contributed by atoms with Gasteiger partial charge < -0.3 is 18.9 Å². The van der Waals surface area contributed by atoms with E-state index in [4.69, 9.17) is 18.9 Å². The second kappa shape index (κ2) is 5.15. The number of rotatable bonds is 4. The van der Waals surface area contributed by atoms with Crippen molar-refractivity contribution in [2.45, 2.75) is 24.6 Å². The summed E-state index contributed by atoms with van der Waals surface area (Å²) >= 11 is 0. The second-order valence-corrected chi connectivity index (χ2v) is 3.66. The van der Waals surface area contributed by atoms with Gasteiger partial charge in [0, 0.05) is 13.1 Å². The fraction of sp³-hybridized carbons (Fsp3) is 1.00. The molecule has 4 unspecified atom stereocenters. The monoisotopic (exact) mass is 192 g/mol. The van der Waals surface area contributed by atoms with Crippen molar-refractivity contribution in [3.05, 3.63) is 0 Å². The zero-order chi connectivity index (χ0) is 8.97. The Hall–Kier alpha value is 0.335. The van der Waals surface area contributed by atoms with Gasteiger partial charge >= 0.3 is 0 Å². The molecule has 0 spiro atoms. The molecule has 1 N–H and O–H groups in total. The summed E-state index contributed by atoms with van der Waals surface area (Å²) in [6.07, 6.45) is 0.646. The first kappa shape index (κ1) is 10.4. The normalized spacial score (nSPS) is 36.7. The first-order chi connectivity index (χ1) is 5.77. The fourth-order valence-corrected chi connectivity index (χ4v) is 1.78. The largest absolute Gasteiger partial charge is 0.394 e. The molecule has 0 aliphatic carbocycles. The first-order valence-electron chi connectivity index (χ1n) is 3.98. The molecule has 70 valence electrons. The maximum atomic E-state index is 8.91. The zero-order valence-electron chi connectivity index (χ0n) is 7.32. The van der Waals surface area contributed by atoms with Crippen LogP contribution in [0.2, 0.25) is 0 Å². The highest BCUT2D eigenvalue weighted by Gasteiger charge is 2.33. The third kappa shape index (κ3) is 2.68. The van der Waals surface area contributed by atoms with Gasteiger partial charge in [0.1, 0.15) is 14.0 Å². The van der Waals surface area contributed by atoms with Crippen molar-refractivity contribution in [2.75, 3.05) is 13.7 Å². The van der Waals surface area contributed by atoms with Gasteiger partial charge in [0.25, 0.3) is 0 Å². The predicted molar refractivity (Wildman–Crippen MR) is 49.1 cm³/mol. The van der Waals surface area contributed by atoms with E-state index in [0.717, 1.165) is 6.42 Å². The molecule has 1 heterocycles. The number of aliphatic hydroxyl groups is 1. The zero-order valence-corrected chi connectivity index (χ0v) is 8.32. The third-order valence-electron chi connectivity index (χ3n) is 1.85. The summed E-state index contributed by atoms with van der Waals surface area (Å²) in [5, 5.41) is 8.91. The minimum atomic E-state index is -0.178. The van der Waals surface area contributed by atoms with Gasteiger partial charge in [0.15, 0.2) is 9.03 Å². The van der Waals surface area contributed by atoms with E-state index >= 15 is 0 Å². The van der Waals surface area contributed by atoms with Crippen LogP contribution in [0.25, 0.3) is 0 Å². The standard InChI is InChI=1S/C6H14BO4P/c1-9-12-11-4-2-6(7)10-5(4)3-8/h4-6,8,12H,2-3,7H2,1H3. The van der Waals surface area contributed by atoms with Crippen molar-refractivity contribution in [3.8, 4) is 0 Å². The molecule has 0 aromatic carbocycles. The van der Waals surface area contributed by atoms with Crippen LogP contribution < -0.4 is 0 Å². The molecule has 1 rings (SSSR count). The van der Waals surface area contributed by atoms with Crippen LogP contribution in [0.15, 0.2) is 0 Å². The lowest BCUT2D eigenvalue weighted by Crippen LogP contribution is -2.25. The minimum Gasteiger partial charge on any atom is -0.394 e. The molecule has 1 aliphatic rings. The maximum absolute atomic E-state index is 8.91. The summed E-state index contributed by atoms with van der Waals surface area (Å²) in [6, 6.07) is 0.175. The highest BCUT2D eigenvalue weighted by atomic mass is 31.1. The van der Waals surface area contributed by atoms with Crippen molar-refractivity contribution < 1.29 is 18.9 Å². The molecular formula is C6H14BO4P. The first-order valence-corrected chi connectivity index (χ1v) is 4.79. The van der Waals surface area contributed by atoms with E-state index in [1.54, 1.807) is 7.11 Å². The average molecular weight is 192 g/mol. The van der Waals surface area contributed by atoms with Crippen molar-refractivity contribution >= 4 is 16.9 Å². The second-order valence-electron chi connectivity index (χ2n) is 2.85. The lowest BCUT2D eigenvalue weighted by Gasteiger charge is -2.15. The molecule has 1 fully saturated rings. The van der Waals surface area contributed by atoms with E-state index in [0.29, 0.717) is 0 Å². The molecule has 0 radical (unpaired) electrons. The summed E-state index contributed by atoms with van der Waals surface area (Å²) in [5.74, 6) is 0. The van der Waals surface area contributed by atoms with Crippen LogP contribution in [0.1, 0.15) is 6.42 Å². The Kier molecular flexibility index (Phi) is 4.47. The van der Waals surface area contributed by atoms with Gasteiger partial charge in [0.05, 0.1) is 12.7 Å². The van der Waals surface area contributed by atoms with E-state index < -0.39 is 0 Å². The number of ether oxygens (including phenoxy) is 1. The lowest BCUT2D eigenvalue weighted by molar-refractivity contribution is 0.00501. The molecule has 0 aromatic rings. The Morgan fingerprint density at radius 2 is 2.50 bits per heavy atom. The molecule has 0 bridgehead atoms. The van der Waals surface area contributed by atoms with Crippen LogP contribution >= 0.6 is 9.03 Å². The van der Waals surface area contributed by atoms with E-state index in [1.165, 1.54) is 0 Å². The molecule has 12 heavy (non-hydrogen) atoms. The van der Waals surface area contributed by atoms with Crippen LogP contribution in [-0.4, -0.2) is 44.9 Å². The van der Waals surface area contributed by atoms with Crippen LogP contribution in [0.3, 0.4) is 0 Å². The Balaban J connectivity index is 2.30. The molecule has 0 amide bonds. The van der Waals surface area contributed by atoms with E-state index in [-0.39, 0.29) is 33.9 Å². The highest BCUT2D eigenvalue weighted by molar-refractivity contribution is 7.26. The van der Waals surface area contributed by atoms with Crippen molar-refractivity contribution in [2.24, 2.45) is 0 Å². The summed E-state index contributed by atoms with van der Waals surface area (Å²) in [4.78, 5) is 0. The summed E-state index contributed by atoms with van der Waals surface area (Å²) < 4.78 is 15.5. The van der Waals surface area contributed by atoms with Crippen molar-refractivity contribution in [1.29, 1.82) is 0 Å². The third-order valence-corrected chi connectivity index (χ3v) is 2.41. The molecule has 4 nitrogen and oxygen atoms in total. The minimum absolute atomic E-state index is 0.0108. The van der Waals surface area contributed by atoms with Crippen molar-refractivity contribution in [3.63, 3.8) is 0 Å². The van der Waals surface area contributed by atoms with Crippen molar-refractivity contribution in [1.82, 2.24) is 0 Å². The number of aliphatic hydroxyl groups excluding tert-OH is 1. The molecule has 0 saturated carbocycles. The molecule has 4 atom stereocenters. The summed E-state index contributed by atoms with van der Waals surface area (Å²) in [5.41, 5.74) is 0. The average Bonchev–Trinajstić information content (AvgIpc) is 2.42. The fourth-order valence-electron chi connectivity index (χ4n) is 1.32. The predicted octanol–water partition coefficient (Wildman–Crippen LogP) is -0.733. The van der Waals surface area contributed by atoms with Gasteiger partial charge in [-0.3, -0.25) is 0 Å². The van der Waals surface area contributed by atoms with Gasteiger partial charge in [-0.25, -0.2) is 0 Å². The maximum Gasteiger partial charge on any atom is 0.155 e. The number of hydrogen-bond acceptors (Lipinski definition) is 4. The van der Waals surface area contributed by atoms with E-state index in [2.05, 4.69) is 0 Å². The summed E-state index contributed by atoms with van der Waals surface area (Å²) in [7, 11) is 3.60. The number of hydrogen-bond donors (Lipinski definition) is 1. The van der Waals surface area contributed by atoms with E-state index in [1.807, 2.05) is 7.85 Å². The molecule has 1 saturated heterocycles. The molecule has 0 aromatic heterocycles. The topological polar surface area (TPSA) is 47.9 Å². The smallest absolute Gasteiger partial charge is 0.155 e. The van der Waals surface area contributed by atoms with Gasteiger partial charge in [0.2, 0.25) is 0 Å². The Bertz CT molecular complexity index is 137. The summed E-state index contributed by atoms with van der Waals surface area (Å²) in [6.45, 7) is 0.0171. The van der Waals surface area contributed by atoms with Crippen LogP contribution in [0, 0.1) is 0 Å². The Labute approximate surface area is 74.9 Å². The lowest BCUT2D eigenvalue weighted by atomic mass is 9.96. The van der Waals surface area contributed by atoms with Crippen LogP contribution in [0.4, 0.5) is 0 Å². The highest BCUT2D eigenvalue weighted by Crippen LogP contribution is 2.27. The Morgan fingerprint density at radius 3 is 3.08 bits per heavy atom. The van der Waals surface area contributed by atoms with Crippen LogP contribution in [-0.2, 0) is 13.8 Å². The molecular weight excluding hydrogens is 178 g/mol. The van der Waals surface area contributed by atoms with Crippen LogP contribution in [0.5, 0.6) is 0 Å². The van der Waals surface area contributed by atoms with E-state index in [9.17, 15) is 0 Å².